The van der Waals surface area contributed by atoms with Gasteiger partial charge in [0.15, 0.2) is 0 Å². The van der Waals surface area contributed by atoms with Crippen LogP contribution in [-0.4, -0.2) is 40.8 Å². The molecule has 0 spiro atoms. The highest BCUT2D eigenvalue weighted by atomic mass is 32.2. The van der Waals surface area contributed by atoms with Crippen LogP contribution in [0.4, 0.5) is 0 Å². The van der Waals surface area contributed by atoms with Crippen LogP contribution in [0, 0.1) is 5.92 Å². The smallest absolute Gasteiger partial charge is 0.134 e. The number of nitrogens with zero attached hydrogens (tertiary/aromatic N) is 1. The zero-order chi connectivity index (χ0) is 10.8. The van der Waals surface area contributed by atoms with E-state index in [2.05, 4.69) is 30.5 Å². The topological polar surface area (TPSA) is 20.3 Å². The molecule has 1 aliphatic heterocycles. The first-order chi connectivity index (χ1) is 7.16. The van der Waals surface area contributed by atoms with Gasteiger partial charge in [-0.25, -0.2) is 0 Å². The maximum absolute atomic E-state index is 11.5. The first kappa shape index (κ1) is 11.5. The Morgan fingerprint density at radius 2 is 2.20 bits per heavy atom. The van der Waals surface area contributed by atoms with Crippen molar-refractivity contribution in [3.8, 4) is 0 Å². The van der Waals surface area contributed by atoms with Crippen LogP contribution in [0.5, 0.6) is 0 Å². The van der Waals surface area contributed by atoms with Crippen LogP contribution in [0.1, 0.15) is 33.1 Å². The summed E-state index contributed by atoms with van der Waals surface area (Å²) in [6, 6.07) is 0.537. The predicted molar refractivity (Wildman–Crippen MR) is 65.3 cm³/mol. The first-order valence-electron chi connectivity index (χ1n) is 6.04. The van der Waals surface area contributed by atoms with Crippen molar-refractivity contribution in [1.29, 1.82) is 0 Å². The van der Waals surface area contributed by atoms with Crippen molar-refractivity contribution in [3.63, 3.8) is 0 Å². The van der Waals surface area contributed by atoms with E-state index in [1.807, 2.05) is 0 Å². The summed E-state index contributed by atoms with van der Waals surface area (Å²) in [5.41, 5.74) is 0. The van der Waals surface area contributed by atoms with E-state index in [4.69, 9.17) is 0 Å². The van der Waals surface area contributed by atoms with Crippen LogP contribution < -0.4 is 0 Å². The summed E-state index contributed by atoms with van der Waals surface area (Å²) in [4.78, 5) is 14.1. The number of thioether (sulfide) groups is 1. The Hall–Kier alpha value is -0.0200. The van der Waals surface area contributed by atoms with Crippen LogP contribution in [-0.2, 0) is 4.79 Å². The van der Waals surface area contributed by atoms with Crippen LogP contribution in [0.2, 0.25) is 0 Å². The number of hydrogen-bond acceptors (Lipinski definition) is 3. The van der Waals surface area contributed by atoms with Crippen molar-refractivity contribution >= 4 is 17.5 Å². The number of rotatable bonds is 1. The van der Waals surface area contributed by atoms with Gasteiger partial charge in [-0.05, 0) is 12.3 Å². The molecule has 1 saturated heterocycles. The molecule has 0 aromatic heterocycles. The summed E-state index contributed by atoms with van der Waals surface area (Å²) in [6.07, 6.45) is 2.72. The Morgan fingerprint density at radius 3 is 2.93 bits per heavy atom. The van der Waals surface area contributed by atoms with Crippen molar-refractivity contribution < 1.29 is 4.79 Å². The van der Waals surface area contributed by atoms with Crippen LogP contribution in [0.3, 0.4) is 0 Å². The van der Waals surface area contributed by atoms with Gasteiger partial charge in [-0.2, -0.15) is 11.8 Å². The van der Waals surface area contributed by atoms with Gasteiger partial charge in [0.1, 0.15) is 5.78 Å². The molecular weight excluding hydrogens is 206 g/mol. The average Bonchev–Trinajstić information content (AvgIpc) is 2.22. The lowest BCUT2D eigenvalue weighted by Gasteiger charge is -2.41. The molecule has 15 heavy (non-hydrogen) atoms. The molecule has 2 nitrogen and oxygen atoms in total. The third kappa shape index (κ3) is 2.76. The SMILES string of the molecule is CC1CN(C2CC(=O)CCC2C)CCS1. The Bertz CT molecular complexity index is 244. The third-order valence-corrected chi connectivity index (χ3v) is 4.85. The van der Waals surface area contributed by atoms with E-state index < -0.39 is 0 Å². The second kappa shape index (κ2) is 4.88. The summed E-state index contributed by atoms with van der Waals surface area (Å²) in [6.45, 7) is 6.96. The molecule has 3 unspecified atom stereocenters. The fraction of sp³-hybridized carbons (Fsp3) is 0.917. The molecule has 2 aliphatic rings. The molecule has 0 bridgehead atoms. The summed E-state index contributed by atoms with van der Waals surface area (Å²) in [5, 5.41) is 0.739. The standard InChI is InChI=1S/C12H21NOS/c1-9-3-4-11(14)7-12(9)13-5-6-15-10(2)8-13/h9-10,12H,3-8H2,1-2H3. The van der Waals surface area contributed by atoms with Crippen molar-refractivity contribution in [2.45, 2.75) is 44.4 Å². The summed E-state index contributed by atoms with van der Waals surface area (Å²) >= 11 is 2.06. The minimum Gasteiger partial charge on any atom is -0.300 e. The molecule has 86 valence electrons. The summed E-state index contributed by atoms with van der Waals surface area (Å²) in [5.74, 6) is 2.42. The normalized spacial score (nSPS) is 39.3. The third-order valence-electron chi connectivity index (χ3n) is 3.71. The van der Waals surface area contributed by atoms with Gasteiger partial charge in [-0.1, -0.05) is 13.8 Å². The molecule has 3 atom stereocenters. The van der Waals surface area contributed by atoms with Crippen LogP contribution in [0.15, 0.2) is 0 Å². The monoisotopic (exact) mass is 227 g/mol. The van der Waals surface area contributed by atoms with Crippen LogP contribution in [0.25, 0.3) is 0 Å². The van der Waals surface area contributed by atoms with Gasteiger partial charge in [-0.15, -0.1) is 0 Å². The molecule has 1 aliphatic carbocycles. The Balaban J connectivity index is 1.97. The number of hydrogen-bond donors (Lipinski definition) is 0. The van der Waals surface area contributed by atoms with Gasteiger partial charge < -0.3 is 0 Å². The molecule has 0 N–H and O–H groups in total. The number of carbonyl (C=O) groups is 1. The fourth-order valence-corrected chi connectivity index (χ4v) is 3.79. The molecule has 2 rings (SSSR count). The van der Waals surface area contributed by atoms with E-state index in [1.54, 1.807) is 0 Å². The highest BCUT2D eigenvalue weighted by molar-refractivity contribution is 7.99. The Morgan fingerprint density at radius 1 is 1.40 bits per heavy atom. The largest absolute Gasteiger partial charge is 0.300 e. The van der Waals surface area contributed by atoms with Gasteiger partial charge >= 0.3 is 0 Å². The molecular formula is C12H21NOS. The lowest BCUT2D eigenvalue weighted by Crippen LogP contribution is -2.49. The quantitative estimate of drug-likeness (QED) is 0.685. The van der Waals surface area contributed by atoms with Gasteiger partial charge in [0, 0.05) is 43.0 Å². The molecule has 1 heterocycles. The first-order valence-corrected chi connectivity index (χ1v) is 7.09. The molecule has 1 saturated carbocycles. The molecule has 0 amide bonds. The summed E-state index contributed by atoms with van der Waals surface area (Å²) < 4.78 is 0. The number of ketones is 1. The van der Waals surface area contributed by atoms with E-state index in [9.17, 15) is 4.79 Å². The lowest BCUT2D eigenvalue weighted by molar-refractivity contribution is -0.123. The van der Waals surface area contributed by atoms with Gasteiger partial charge in [0.2, 0.25) is 0 Å². The van der Waals surface area contributed by atoms with Gasteiger partial charge in [0.25, 0.3) is 0 Å². The number of Topliss-reactive ketones (excluding diaryl/α,β-unsaturated/α-hetero) is 1. The lowest BCUT2D eigenvalue weighted by atomic mass is 9.84. The molecule has 0 aromatic rings. The summed E-state index contributed by atoms with van der Waals surface area (Å²) in [7, 11) is 0. The van der Waals surface area contributed by atoms with Crippen molar-refractivity contribution in [3.05, 3.63) is 0 Å². The zero-order valence-electron chi connectivity index (χ0n) is 9.74. The second-order valence-corrected chi connectivity index (χ2v) is 6.55. The van der Waals surface area contributed by atoms with E-state index in [0.717, 1.165) is 24.5 Å². The molecule has 0 radical (unpaired) electrons. The van der Waals surface area contributed by atoms with E-state index >= 15 is 0 Å². The van der Waals surface area contributed by atoms with E-state index in [1.165, 1.54) is 18.8 Å². The Labute approximate surface area is 96.8 Å². The maximum Gasteiger partial charge on any atom is 0.134 e. The predicted octanol–water partition coefficient (Wildman–Crippen LogP) is 2.18. The zero-order valence-corrected chi connectivity index (χ0v) is 10.6. The van der Waals surface area contributed by atoms with Crippen molar-refractivity contribution in [2.75, 3.05) is 18.8 Å². The molecule has 0 aromatic carbocycles. The minimum atomic E-state index is 0.476. The van der Waals surface area contributed by atoms with E-state index in [-0.39, 0.29) is 0 Å². The average molecular weight is 227 g/mol. The van der Waals surface area contributed by atoms with Crippen molar-refractivity contribution in [1.82, 2.24) is 4.90 Å². The van der Waals surface area contributed by atoms with Crippen LogP contribution >= 0.6 is 11.8 Å². The minimum absolute atomic E-state index is 0.476. The molecule has 2 fully saturated rings. The second-order valence-electron chi connectivity index (χ2n) is 5.00. The molecule has 3 heteroatoms. The fourth-order valence-electron chi connectivity index (χ4n) is 2.75. The van der Waals surface area contributed by atoms with Gasteiger partial charge in [0.05, 0.1) is 0 Å². The maximum atomic E-state index is 11.5. The number of carbonyl (C=O) groups excluding carboxylic acids is 1. The van der Waals surface area contributed by atoms with E-state index in [0.29, 0.717) is 17.7 Å². The highest BCUT2D eigenvalue weighted by Gasteiger charge is 2.32. The highest BCUT2D eigenvalue weighted by Crippen LogP contribution is 2.29. The van der Waals surface area contributed by atoms with Gasteiger partial charge in [-0.3, -0.25) is 9.69 Å². The van der Waals surface area contributed by atoms with Crippen molar-refractivity contribution in [2.24, 2.45) is 5.92 Å². The Kier molecular flexibility index (Phi) is 3.73.